The highest BCUT2D eigenvalue weighted by Gasteiger charge is 2.31. The van der Waals surface area contributed by atoms with Crippen molar-refractivity contribution in [3.05, 3.63) is 71.8 Å². The van der Waals surface area contributed by atoms with Crippen molar-refractivity contribution in [1.29, 1.82) is 0 Å². The number of hydrogen-bond acceptors (Lipinski definition) is 4. The third-order valence-corrected chi connectivity index (χ3v) is 3.90. The number of halogens is 3. The van der Waals surface area contributed by atoms with Crippen molar-refractivity contribution >= 4 is 11.9 Å². The average Bonchev–Trinajstić information content (AvgIpc) is 2.68. The van der Waals surface area contributed by atoms with Crippen molar-refractivity contribution in [1.82, 2.24) is 5.32 Å². The fourth-order valence-electron chi connectivity index (χ4n) is 2.45. The van der Waals surface area contributed by atoms with Crippen molar-refractivity contribution < 1.29 is 37.3 Å². The van der Waals surface area contributed by atoms with Gasteiger partial charge < -0.3 is 19.9 Å². The largest absolute Gasteiger partial charge is 0.573 e. The lowest BCUT2D eigenvalue weighted by Gasteiger charge is -2.15. The Kier molecular flexibility index (Phi) is 7.85. The summed E-state index contributed by atoms with van der Waals surface area (Å²) in [6, 6.07) is 9.69. The SMILES string of the molecule is CC=CCOc1ccc(C(=O)NC(Cc2ccc(OC(F)(F)F)cc2)C(=O)O)cc1. The van der Waals surface area contributed by atoms with Crippen LogP contribution in [0, 0.1) is 0 Å². The summed E-state index contributed by atoms with van der Waals surface area (Å²) in [6.07, 6.45) is -1.27. The van der Waals surface area contributed by atoms with Gasteiger partial charge in [0.1, 0.15) is 24.1 Å². The third-order valence-electron chi connectivity index (χ3n) is 3.90. The molecule has 6 nitrogen and oxygen atoms in total. The van der Waals surface area contributed by atoms with Gasteiger partial charge in [0.25, 0.3) is 5.91 Å². The van der Waals surface area contributed by atoms with E-state index in [2.05, 4.69) is 10.1 Å². The monoisotopic (exact) mass is 423 g/mol. The zero-order chi connectivity index (χ0) is 22.1. The van der Waals surface area contributed by atoms with E-state index < -0.39 is 30.0 Å². The maximum absolute atomic E-state index is 12.4. The summed E-state index contributed by atoms with van der Waals surface area (Å²) < 4.78 is 45.8. The van der Waals surface area contributed by atoms with E-state index in [9.17, 15) is 27.9 Å². The first-order chi connectivity index (χ1) is 14.2. The van der Waals surface area contributed by atoms with Crippen LogP contribution in [0.25, 0.3) is 0 Å². The van der Waals surface area contributed by atoms with Gasteiger partial charge in [-0.25, -0.2) is 4.79 Å². The number of amides is 1. The smallest absolute Gasteiger partial charge is 0.490 e. The van der Waals surface area contributed by atoms with Crippen molar-refractivity contribution in [2.24, 2.45) is 0 Å². The molecule has 0 fully saturated rings. The predicted molar refractivity (Wildman–Crippen MR) is 102 cm³/mol. The maximum Gasteiger partial charge on any atom is 0.573 e. The molecule has 0 aliphatic rings. The van der Waals surface area contributed by atoms with E-state index in [4.69, 9.17) is 4.74 Å². The van der Waals surface area contributed by atoms with Crippen LogP contribution in [0.1, 0.15) is 22.8 Å². The number of nitrogens with one attached hydrogen (secondary N) is 1. The minimum atomic E-state index is -4.81. The van der Waals surface area contributed by atoms with E-state index in [1.165, 1.54) is 24.3 Å². The summed E-state index contributed by atoms with van der Waals surface area (Å²) in [7, 11) is 0. The number of carbonyl (C=O) groups excluding carboxylic acids is 1. The Morgan fingerprint density at radius 1 is 1.07 bits per heavy atom. The second-order valence-electron chi connectivity index (χ2n) is 6.16. The summed E-state index contributed by atoms with van der Waals surface area (Å²) in [4.78, 5) is 23.9. The van der Waals surface area contributed by atoms with Crippen LogP contribution in [0.4, 0.5) is 13.2 Å². The Hall–Kier alpha value is -3.49. The van der Waals surface area contributed by atoms with Crippen LogP contribution in [0.5, 0.6) is 11.5 Å². The third kappa shape index (κ3) is 7.50. The summed E-state index contributed by atoms with van der Waals surface area (Å²) in [5, 5.41) is 11.8. The number of rotatable bonds is 9. The Bertz CT molecular complexity index is 877. The number of carboxylic acid groups (broad SMARTS) is 1. The molecule has 0 aliphatic carbocycles. The second kappa shape index (κ2) is 10.3. The molecule has 2 aromatic rings. The van der Waals surface area contributed by atoms with Gasteiger partial charge in [-0.2, -0.15) is 0 Å². The van der Waals surface area contributed by atoms with E-state index in [-0.39, 0.29) is 12.0 Å². The zero-order valence-corrected chi connectivity index (χ0v) is 16.0. The molecule has 2 rings (SSSR count). The zero-order valence-electron chi connectivity index (χ0n) is 16.0. The summed E-state index contributed by atoms with van der Waals surface area (Å²) >= 11 is 0. The normalized spacial score (nSPS) is 12.4. The lowest BCUT2D eigenvalue weighted by atomic mass is 10.1. The average molecular weight is 423 g/mol. The van der Waals surface area contributed by atoms with E-state index >= 15 is 0 Å². The molecule has 2 N–H and O–H groups in total. The Labute approximate surface area is 170 Å². The Morgan fingerprint density at radius 3 is 2.20 bits per heavy atom. The van der Waals surface area contributed by atoms with Crippen molar-refractivity contribution in [3.63, 3.8) is 0 Å². The van der Waals surface area contributed by atoms with Crippen LogP contribution in [-0.2, 0) is 11.2 Å². The molecule has 0 heterocycles. The van der Waals surface area contributed by atoms with Crippen LogP contribution in [-0.4, -0.2) is 36.0 Å². The molecule has 0 saturated carbocycles. The Morgan fingerprint density at radius 2 is 1.67 bits per heavy atom. The molecule has 1 atom stereocenters. The van der Waals surface area contributed by atoms with E-state index in [1.54, 1.807) is 12.1 Å². The van der Waals surface area contributed by atoms with Crippen molar-refractivity contribution in [3.8, 4) is 11.5 Å². The lowest BCUT2D eigenvalue weighted by molar-refractivity contribution is -0.274. The van der Waals surface area contributed by atoms with Crippen molar-refractivity contribution in [2.45, 2.75) is 25.7 Å². The molecule has 0 aromatic heterocycles. The van der Waals surface area contributed by atoms with Gasteiger partial charge in [0.2, 0.25) is 0 Å². The maximum atomic E-state index is 12.4. The minimum Gasteiger partial charge on any atom is -0.490 e. The molecule has 0 saturated heterocycles. The van der Waals surface area contributed by atoms with Gasteiger partial charge in [0.05, 0.1) is 0 Å². The van der Waals surface area contributed by atoms with Crippen LogP contribution < -0.4 is 14.8 Å². The van der Waals surface area contributed by atoms with Gasteiger partial charge in [-0.15, -0.1) is 13.2 Å². The molecule has 0 radical (unpaired) electrons. The first kappa shape index (κ1) is 22.8. The molecule has 0 spiro atoms. The number of hydrogen-bond donors (Lipinski definition) is 2. The van der Waals surface area contributed by atoms with Gasteiger partial charge in [-0.1, -0.05) is 24.3 Å². The van der Waals surface area contributed by atoms with Crippen molar-refractivity contribution in [2.75, 3.05) is 6.61 Å². The van der Waals surface area contributed by atoms with Gasteiger partial charge in [-0.05, 0) is 48.9 Å². The highest BCUT2D eigenvalue weighted by molar-refractivity contribution is 5.96. The first-order valence-electron chi connectivity index (χ1n) is 8.90. The molecular formula is C21H20F3NO5. The van der Waals surface area contributed by atoms with E-state index in [0.717, 1.165) is 12.1 Å². The molecule has 30 heavy (non-hydrogen) atoms. The summed E-state index contributed by atoms with van der Waals surface area (Å²) in [5.74, 6) is -1.73. The topological polar surface area (TPSA) is 84.9 Å². The molecule has 0 aliphatic heterocycles. The summed E-state index contributed by atoms with van der Waals surface area (Å²) in [5.41, 5.74) is 0.665. The van der Waals surface area contributed by atoms with Gasteiger partial charge in [-0.3, -0.25) is 4.79 Å². The molecule has 160 valence electrons. The number of ether oxygens (including phenoxy) is 2. The van der Waals surface area contributed by atoms with Crippen LogP contribution in [0.3, 0.4) is 0 Å². The van der Waals surface area contributed by atoms with Crippen LogP contribution >= 0.6 is 0 Å². The fourth-order valence-corrected chi connectivity index (χ4v) is 2.45. The highest BCUT2D eigenvalue weighted by Crippen LogP contribution is 2.23. The number of carbonyl (C=O) groups is 2. The van der Waals surface area contributed by atoms with Crippen LogP contribution in [0.2, 0.25) is 0 Å². The minimum absolute atomic E-state index is 0.113. The molecule has 2 aromatic carbocycles. The quantitative estimate of drug-likeness (QED) is 0.597. The highest BCUT2D eigenvalue weighted by atomic mass is 19.4. The van der Waals surface area contributed by atoms with Crippen LogP contribution in [0.15, 0.2) is 60.7 Å². The number of aliphatic carboxylic acids is 1. The van der Waals surface area contributed by atoms with E-state index in [1.807, 2.05) is 19.1 Å². The predicted octanol–water partition coefficient (Wildman–Crippen LogP) is 3.97. The van der Waals surface area contributed by atoms with Gasteiger partial charge in [0.15, 0.2) is 0 Å². The molecule has 1 amide bonds. The Balaban J connectivity index is 1.99. The van der Waals surface area contributed by atoms with E-state index in [0.29, 0.717) is 17.9 Å². The number of carboxylic acids is 1. The number of benzene rings is 2. The standard InChI is InChI=1S/C21H20F3NO5/c1-2-3-12-29-16-10-6-15(7-11-16)19(26)25-18(20(27)28)13-14-4-8-17(9-5-14)30-21(22,23)24/h2-11,18H,12-13H2,1H3,(H,25,26)(H,27,28). The molecule has 1 unspecified atom stereocenters. The van der Waals surface area contributed by atoms with Gasteiger partial charge >= 0.3 is 12.3 Å². The number of alkyl halides is 3. The molecule has 9 heteroatoms. The summed E-state index contributed by atoms with van der Waals surface area (Å²) in [6.45, 7) is 2.25. The fraction of sp³-hybridized carbons (Fsp3) is 0.238. The first-order valence-corrected chi connectivity index (χ1v) is 8.90. The number of allylic oxidation sites excluding steroid dienone is 1. The molecule has 0 bridgehead atoms. The lowest BCUT2D eigenvalue weighted by Crippen LogP contribution is -2.42. The second-order valence-corrected chi connectivity index (χ2v) is 6.16. The van der Waals surface area contributed by atoms with Gasteiger partial charge in [0, 0.05) is 12.0 Å². The molecular weight excluding hydrogens is 403 g/mol.